The second-order valence-electron chi connectivity index (χ2n) is 5.03. The Kier molecular flexibility index (Phi) is 5.83. The average Bonchev–Trinajstić information content (AvgIpc) is 2.37. The number of nitrogens with zero attached hydrogens (tertiary/aromatic N) is 3. The topological polar surface area (TPSA) is 92.0 Å². The van der Waals surface area contributed by atoms with E-state index in [1.165, 1.54) is 0 Å². The summed E-state index contributed by atoms with van der Waals surface area (Å²) in [6.07, 6.45) is 0. The van der Waals surface area contributed by atoms with E-state index in [0.29, 0.717) is 18.5 Å². The number of guanidine groups is 2. The van der Waals surface area contributed by atoms with E-state index in [1.54, 1.807) is 19.0 Å². The number of nitrogens with two attached hydrogens (primary N) is 2. The van der Waals surface area contributed by atoms with Crippen LogP contribution in [0.3, 0.4) is 0 Å². The molecule has 0 fully saturated rings. The Bertz CT molecular complexity index is 473. The molecule has 1 rings (SSSR count). The Morgan fingerprint density at radius 1 is 1.20 bits per heavy atom. The summed E-state index contributed by atoms with van der Waals surface area (Å²) in [4.78, 5) is 9.85. The summed E-state index contributed by atoms with van der Waals surface area (Å²) in [5.74, 6) is 0.517. The Hall–Kier alpha value is -2.24. The van der Waals surface area contributed by atoms with Gasteiger partial charge in [0.05, 0.1) is 6.54 Å². The minimum atomic E-state index is 0.181. The molecule has 0 bridgehead atoms. The van der Waals surface area contributed by atoms with E-state index in [4.69, 9.17) is 11.5 Å². The molecule has 0 aromatic heterocycles. The highest BCUT2D eigenvalue weighted by atomic mass is 15.2. The van der Waals surface area contributed by atoms with Crippen LogP contribution in [0.15, 0.2) is 34.3 Å². The lowest BCUT2D eigenvalue weighted by molar-refractivity contribution is 0.615. The predicted octanol–water partition coefficient (Wildman–Crippen LogP) is 1.20. The normalized spacial score (nSPS) is 12.7. The number of hydrogen-bond acceptors (Lipinski definition) is 2. The first kappa shape index (κ1) is 15.8. The zero-order valence-corrected chi connectivity index (χ0v) is 12.6. The SMILES string of the molecule is CC(C)Nc1ccc(CN=C(N)/N=C(\N)N(C)C)cc1. The van der Waals surface area contributed by atoms with Crippen molar-refractivity contribution < 1.29 is 0 Å². The summed E-state index contributed by atoms with van der Waals surface area (Å²) in [6, 6.07) is 8.50. The van der Waals surface area contributed by atoms with Gasteiger partial charge in [0, 0.05) is 25.8 Å². The van der Waals surface area contributed by atoms with Crippen molar-refractivity contribution in [3.05, 3.63) is 29.8 Å². The van der Waals surface area contributed by atoms with Gasteiger partial charge in [0.2, 0.25) is 5.96 Å². The maximum atomic E-state index is 5.70. The van der Waals surface area contributed by atoms with Gasteiger partial charge in [-0.3, -0.25) is 0 Å². The first-order valence-electron chi connectivity index (χ1n) is 6.55. The summed E-state index contributed by atoms with van der Waals surface area (Å²) < 4.78 is 0. The fourth-order valence-electron chi connectivity index (χ4n) is 1.46. The molecule has 1 aromatic rings. The monoisotopic (exact) mass is 276 g/mol. The smallest absolute Gasteiger partial charge is 0.218 e. The third-order valence-electron chi connectivity index (χ3n) is 2.52. The van der Waals surface area contributed by atoms with Crippen molar-refractivity contribution in [3.63, 3.8) is 0 Å². The summed E-state index contributed by atoms with van der Waals surface area (Å²) in [5.41, 5.74) is 13.5. The fourth-order valence-corrected chi connectivity index (χ4v) is 1.46. The molecule has 0 radical (unpaired) electrons. The number of rotatable bonds is 4. The summed E-state index contributed by atoms with van der Waals surface area (Å²) in [7, 11) is 3.60. The van der Waals surface area contributed by atoms with Crippen molar-refractivity contribution in [2.45, 2.75) is 26.4 Å². The minimum Gasteiger partial charge on any atom is -0.383 e. The van der Waals surface area contributed by atoms with E-state index in [1.807, 2.05) is 24.3 Å². The highest BCUT2D eigenvalue weighted by molar-refractivity contribution is 5.93. The Morgan fingerprint density at radius 3 is 2.30 bits per heavy atom. The highest BCUT2D eigenvalue weighted by Crippen LogP contribution is 2.11. The number of benzene rings is 1. The number of nitrogens with one attached hydrogen (secondary N) is 1. The van der Waals surface area contributed by atoms with Crippen molar-refractivity contribution in [3.8, 4) is 0 Å². The van der Waals surface area contributed by atoms with Crippen LogP contribution in [-0.2, 0) is 6.54 Å². The molecule has 0 aliphatic heterocycles. The van der Waals surface area contributed by atoms with Crippen LogP contribution in [-0.4, -0.2) is 37.0 Å². The van der Waals surface area contributed by atoms with Gasteiger partial charge >= 0.3 is 0 Å². The number of hydrogen-bond donors (Lipinski definition) is 3. The summed E-state index contributed by atoms with van der Waals surface area (Å²) >= 11 is 0. The van der Waals surface area contributed by atoms with Gasteiger partial charge in [-0.05, 0) is 31.5 Å². The van der Waals surface area contributed by atoms with Gasteiger partial charge in [0.15, 0.2) is 5.96 Å². The van der Waals surface area contributed by atoms with E-state index in [9.17, 15) is 0 Å². The van der Waals surface area contributed by atoms with Crippen molar-refractivity contribution in [2.75, 3.05) is 19.4 Å². The van der Waals surface area contributed by atoms with Crippen LogP contribution in [0, 0.1) is 0 Å². The standard InChI is InChI=1S/C14H24N6/c1-10(2)18-12-7-5-11(6-8-12)9-17-13(15)19-14(16)20(3)4/h5-8,10,18H,9H2,1-4H3,(H4,15,16,17,19). The van der Waals surface area contributed by atoms with Crippen LogP contribution in [0.1, 0.15) is 19.4 Å². The van der Waals surface area contributed by atoms with Gasteiger partial charge < -0.3 is 21.7 Å². The van der Waals surface area contributed by atoms with Crippen LogP contribution >= 0.6 is 0 Å². The molecule has 6 heteroatoms. The van der Waals surface area contributed by atoms with Crippen LogP contribution in [0.4, 0.5) is 5.69 Å². The first-order valence-corrected chi connectivity index (χ1v) is 6.55. The molecule has 0 aliphatic carbocycles. The molecular formula is C14H24N6. The number of anilines is 1. The Balaban J connectivity index is 2.63. The van der Waals surface area contributed by atoms with E-state index < -0.39 is 0 Å². The zero-order valence-electron chi connectivity index (χ0n) is 12.6. The Morgan fingerprint density at radius 2 is 1.80 bits per heavy atom. The molecule has 6 nitrogen and oxygen atoms in total. The van der Waals surface area contributed by atoms with Gasteiger partial charge in [-0.25, -0.2) is 4.99 Å². The molecule has 0 aliphatic rings. The van der Waals surface area contributed by atoms with Gasteiger partial charge in [-0.15, -0.1) is 0 Å². The highest BCUT2D eigenvalue weighted by Gasteiger charge is 1.98. The molecule has 0 amide bonds. The van der Waals surface area contributed by atoms with E-state index in [-0.39, 0.29) is 5.96 Å². The molecular weight excluding hydrogens is 252 g/mol. The molecule has 0 spiro atoms. The second-order valence-corrected chi connectivity index (χ2v) is 5.03. The molecule has 0 atom stereocenters. The van der Waals surface area contributed by atoms with Gasteiger partial charge in [0.1, 0.15) is 0 Å². The quantitative estimate of drug-likeness (QED) is 0.569. The lowest BCUT2D eigenvalue weighted by Gasteiger charge is -2.10. The Labute approximate surface area is 120 Å². The molecule has 0 saturated carbocycles. The lowest BCUT2D eigenvalue weighted by atomic mass is 10.2. The van der Waals surface area contributed by atoms with Crippen LogP contribution in [0.25, 0.3) is 0 Å². The zero-order chi connectivity index (χ0) is 15.1. The largest absolute Gasteiger partial charge is 0.383 e. The van der Waals surface area contributed by atoms with Crippen molar-refractivity contribution in [2.24, 2.45) is 21.5 Å². The molecule has 0 heterocycles. The number of aliphatic imine (C=N–C) groups is 2. The maximum Gasteiger partial charge on any atom is 0.218 e. The third-order valence-corrected chi connectivity index (χ3v) is 2.52. The van der Waals surface area contributed by atoms with Crippen LogP contribution in [0.5, 0.6) is 0 Å². The fraction of sp³-hybridized carbons (Fsp3) is 0.429. The van der Waals surface area contributed by atoms with Crippen molar-refractivity contribution in [1.29, 1.82) is 0 Å². The van der Waals surface area contributed by atoms with Gasteiger partial charge in [0.25, 0.3) is 0 Å². The molecule has 110 valence electrons. The third kappa shape index (κ3) is 5.60. The molecule has 20 heavy (non-hydrogen) atoms. The van der Waals surface area contributed by atoms with Gasteiger partial charge in [-0.2, -0.15) is 4.99 Å². The first-order chi connectivity index (χ1) is 9.38. The van der Waals surface area contributed by atoms with Crippen LogP contribution in [0.2, 0.25) is 0 Å². The average molecular weight is 276 g/mol. The minimum absolute atomic E-state index is 0.181. The molecule has 5 N–H and O–H groups in total. The van der Waals surface area contributed by atoms with E-state index >= 15 is 0 Å². The lowest BCUT2D eigenvalue weighted by Crippen LogP contribution is -2.32. The maximum absolute atomic E-state index is 5.70. The molecule has 0 saturated heterocycles. The van der Waals surface area contributed by atoms with Crippen molar-refractivity contribution in [1.82, 2.24) is 4.90 Å². The molecule has 1 aromatic carbocycles. The summed E-state index contributed by atoms with van der Waals surface area (Å²) in [5, 5.41) is 3.33. The van der Waals surface area contributed by atoms with Crippen molar-refractivity contribution >= 4 is 17.6 Å². The predicted molar refractivity (Wildman–Crippen MR) is 85.8 cm³/mol. The van der Waals surface area contributed by atoms with Crippen LogP contribution < -0.4 is 16.8 Å². The summed E-state index contributed by atoms with van der Waals surface area (Å²) in [6.45, 7) is 4.69. The van der Waals surface area contributed by atoms with Gasteiger partial charge in [-0.1, -0.05) is 12.1 Å². The van der Waals surface area contributed by atoms with E-state index in [2.05, 4.69) is 29.1 Å². The molecule has 0 unspecified atom stereocenters. The second kappa shape index (κ2) is 7.37. The van der Waals surface area contributed by atoms with E-state index in [0.717, 1.165) is 11.3 Å².